The Morgan fingerprint density at radius 1 is 1.22 bits per heavy atom. The molecule has 0 unspecified atom stereocenters. The van der Waals surface area contributed by atoms with E-state index in [0.29, 0.717) is 6.54 Å². The van der Waals surface area contributed by atoms with Crippen molar-refractivity contribution in [3.05, 3.63) is 36.0 Å². The van der Waals surface area contributed by atoms with Gasteiger partial charge < -0.3 is 5.11 Å². The number of aliphatic hydroxyl groups excluding tert-OH is 1. The van der Waals surface area contributed by atoms with Crippen molar-refractivity contribution in [3.8, 4) is 6.07 Å². The topological polar surface area (TPSA) is 74.7 Å². The average molecular weight is 328 g/mol. The molecule has 5 nitrogen and oxygen atoms in total. The summed E-state index contributed by atoms with van der Waals surface area (Å²) in [6.45, 7) is 0.678. The molecule has 0 bridgehead atoms. The van der Waals surface area contributed by atoms with Crippen LogP contribution in [0.4, 0.5) is 0 Å². The molecule has 6 heteroatoms. The lowest BCUT2D eigenvalue weighted by atomic mass is 9.75. The minimum atomic E-state index is -0.281. The predicted molar refractivity (Wildman–Crippen MR) is 87.6 cm³/mol. The van der Waals surface area contributed by atoms with Crippen molar-refractivity contribution in [1.82, 2.24) is 15.0 Å². The van der Waals surface area contributed by atoms with Gasteiger partial charge in [0.2, 0.25) is 0 Å². The van der Waals surface area contributed by atoms with Crippen LogP contribution in [0.5, 0.6) is 0 Å². The number of aliphatic hydroxyl groups is 1. The van der Waals surface area contributed by atoms with E-state index in [9.17, 15) is 5.26 Å². The number of aromatic nitrogens is 3. The molecule has 0 atom stereocenters. The number of nitriles is 1. The summed E-state index contributed by atoms with van der Waals surface area (Å²) in [4.78, 5) is 1.06. The number of rotatable bonds is 5. The standard InChI is InChI=1S/C17H20N4OS/c18-12-17(8-2-1-3-9-17)13-21-10-16(19-20-21)23-15-6-4-14(11-22)5-7-15/h4-7,10,22H,1-3,8-9,11,13H2. The van der Waals surface area contributed by atoms with E-state index in [-0.39, 0.29) is 12.0 Å². The maximum absolute atomic E-state index is 9.56. The fourth-order valence-corrected chi connectivity index (χ4v) is 3.80. The first kappa shape index (κ1) is 16.0. The third kappa shape index (κ3) is 3.92. The molecule has 1 N–H and O–H groups in total. The molecule has 0 radical (unpaired) electrons. The van der Waals surface area contributed by atoms with Crippen molar-refractivity contribution >= 4 is 11.8 Å². The summed E-state index contributed by atoms with van der Waals surface area (Å²) in [6, 6.07) is 10.3. The summed E-state index contributed by atoms with van der Waals surface area (Å²) < 4.78 is 1.80. The highest BCUT2D eigenvalue weighted by molar-refractivity contribution is 7.99. The van der Waals surface area contributed by atoms with Gasteiger partial charge in [0, 0.05) is 4.90 Å². The molecule has 1 aromatic heterocycles. The van der Waals surface area contributed by atoms with Crippen LogP contribution in [0.1, 0.15) is 37.7 Å². The second-order valence-electron chi connectivity index (χ2n) is 6.11. The van der Waals surface area contributed by atoms with Crippen LogP contribution < -0.4 is 0 Å². The third-order valence-corrected chi connectivity index (χ3v) is 5.26. The maximum atomic E-state index is 9.56. The van der Waals surface area contributed by atoms with Crippen molar-refractivity contribution in [2.45, 2.75) is 55.2 Å². The number of benzene rings is 1. The maximum Gasteiger partial charge on any atom is 0.143 e. The number of nitrogens with zero attached hydrogens (tertiary/aromatic N) is 4. The molecule has 1 heterocycles. The molecule has 0 spiro atoms. The Hall–Kier alpha value is -1.84. The van der Waals surface area contributed by atoms with Crippen LogP contribution in [0.3, 0.4) is 0 Å². The van der Waals surface area contributed by atoms with E-state index in [1.54, 1.807) is 4.68 Å². The predicted octanol–water partition coefficient (Wildman–Crippen LogP) is 3.40. The van der Waals surface area contributed by atoms with Gasteiger partial charge >= 0.3 is 0 Å². The van der Waals surface area contributed by atoms with E-state index in [0.717, 1.165) is 41.2 Å². The Morgan fingerprint density at radius 3 is 2.61 bits per heavy atom. The first-order valence-electron chi connectivity index (χ1n) is 7.92. The fourth-order valence-electron chi connectivity index (χ4n) is 3.03. The summed E-state index contributed by atoms with van der Waals surface area (Å²) in [5.41, 5.74) is 0.614. The van der Waals surface area contributed by atoms with Crippen LogP contribution in [-0.2, 0) is 13.2 Å². The molecule has 0 amide bonds. The molecular formula is C17H20N4OS. The van der Waals surface area contributed by atoms with Crippen molar-refractivity contribution < 1.29 is 5.11 Å². The second-order valence-corrected chi connectivity index (χ2v) is 7.21. The van der Waals surface area contributed by atoms with Crippen molar-refractivity contribution in [1.29, 1.82) is 5.26 Å². The monoisotopic (exact) mass is 328 g/mol. The van der Waals surface area contributed by atoms with E-state index in [1.807, 2.05) is 30.5 Å². The Kier molecular flexibility index (Phi) is 4.99. The molecule has 1 aliphatic carbocycles. The van der Waals surface area contributed by atoms with Gasteiger partial charge in [-0.2, -0.15) is 5.26 Å². The smallest absolute Gasteiger partial charge is 0.143 e. The normalized spacial score (nSPS) is 16.9. The van der Waals surface area contributed by atoms with Crippen LogP contribution in [0.2, 0.25) is 0 Å². The Morgan fingerprint density at radius 2 is 1.96 bits per heavy atom. The average Bonchev–Trinajstić information content (AvgIpc) is 3.03. The van der Waals surface area contributed by atoms with Gasteiger partial charge in [0.25, 0.3) is 0 Å². The van der Waals surface area contributed by atoms with E-state index < -0.39 is 0 Å². The minimum Gasteiger partial charge on any atom is -0.392 e. The SMILES string of the molecule is N#CC1(Cn2cc(Sc3ccc(CO)cc3)nn2)CCCCC1. The fraction of sp³-hybridized carbons (Fsp3) is 0.471. The lowest BCUT2D eigenvalue weighted by Gasteiger charge is -2.30. The van der Waals surface area contributed by atoms with Gasteiger partial charge in [-0.1, -0.05) is 48.4 Å². The molecule has 23 heavy (non-hydrogen) atoms. The summed E-state index contributed by atoms with van der Waals surface area (Å²) in [5.74, 6) is 0. The lowest BCUT2D eigenvalue weighted by Crippen LogP contribution is -2.28. The zero-order valence-electron chi connectivity index (χ0n) is 13.0. The van der Waals surface area contributed by atoms with Gasteiger partial charge in [-0.15, -0.1) is 5.10 Å². The highest BCUT2D eigenvalue weighted by Gasteiger charge is 2.33. The molecule has 0 aliphatic heterocycles. The second kappa shape index (κ2) is 7.16. The van der Waals surface area contributed by atoms with E-state index >= 15 is 0 Å². The van der Waals surface area contributed by atoms with E-state index in [2.05, 4.69) is 16.4 Å². The van der Waals surface area contributed by atoms with Crippen LogP contribution in [0, 0.1) is 16.7 Å². The number of hydrogen-bond donors (Lipinski definition) is 1. The Labute approximate surface area is 140 Å². The van der Waals surface area contributed by atoms with Gasteiger partial charge in [-0.3, -0.25) is 0 Å². The highest BCUT2D eigenvalue weighted by Crippen LogP contribution is 2.37. The zero-order valence-corrected chi connectivity index (χ0v) is 13.8. The Bertz CT molecular complexity index is 683. The summed E-state index contributed by atoms with van der Waals surface area (Å²) >= 11 is 1.54. The largest absolute Gasteiger partial charge is 0.392 e. The molecule has 1 fully saturated rings. The van der Waals surface area contributed by atoms with Crippen molar-refractivity contribution in [2.75, 3.05) is 0 Å². The van der Waals surface area contributed by atoms with Gasteiger partial charge in [0.1, 0.15) is 5.03 Å². The molecule has 3 rings (SSSR count). The molecule has 120 valence electrons. The van der Waals surface area contributed by atoms with Crippen molar-refractivity contribution in [2.24, 2.45) is 5.41 Å². The summed E-state index contributed by atoms with van der Waals surface area (Å²) in [5, 5.41) is 27.8. The van der Waals surface area contributed by atoms with Gasteiger partial charge in [0.15, 0.2) is 0 Å². The van der Waals surface area contributed by atoms with Crippen LogP contribution in [-0.4, -0.2) is 20.1 Å². The molecular weight excluding hydrogens is 308 g/mol. The molecule has 0 saturated heterocycles. The van der Waals surface area contributed by atoms with Crippen LogP contribution in [0.25, 0.3) is 0 Å². The highest BCUT2D eigenvalue weighted by atomic mass is 32.2. The lowest BCUT2D eigenvalue weighted by molar-refractivity contribution is 0.221. The first-order valence-corrected chi connectivity index (χ1v) is 8.74. The van der Waals surface area contributed by atoms with Crippen LogP contribution >= 0.6 is 11.8 Å². The first-order chi connectivity index (χ1) is 11.2. The minimum absolute atomic E-state index is 0.0529. The number of hydrogen-bond acceptors (Lipinski definition) is 5. The van der Waals surface area contributed by atoms with E-state index in [4.69, 9.17) is 5.11 Å². The Balaban J connectivity index is 1.66. The summed E-state index contributed by atoms with van der Waals surface area (Å²) in [7, 11) is 0. The van der Waals surface area contributed by atoms with Crippen molar-refractivity contribution in [3.63, 3.8) is 0 Å². The van der Waals surface area contributed by atoms with Gasteiger partial charge in [-0.25, -0.2) is 4.68 Å². The molecule has 1 aliphatic rings. The molecule has 1 saturated carbocycles. The summed E-state index contributed by atoms with van der Waals surface area (Å²) in [6.07, 6.45) is 7.30. The zero-order chi connectivity index (χ0) is 16.1. The van der Waals surface area contributed by atoms with Crippen LogP contribution in [0.15, 0.2) is 40.4 Å². The van der Waals surface area contributed by atoms with Gasteiger partial charge in [0.05, 0.1) is 30.8 Å². The molecule has 1 aromatic carbocycles. The molecule has 2 aromatic rings. The van der Waals surface area contributed by atoms with E-state index in [1.165, 1.54) is 18.2 Å². The van der Waals surface area contributed by atoms with Gasteiger partial charge in [-0.05, 0) is 30.5 Å². The quantitative estimate of drug-likeness (QED) is 0.910. The third-order valence-electron chi connectivity index (χ3n) is 4.36.